The Bertz CT molecular complexity index is 962. The van der Waals surface area contributed by atoms with Gasteiger partial charge in [-0.2, -0.15) is 0 Å². The lowest BCUT2D eigenvalue weighted by molar-refractivity contribution is -0.130. The predicted octanol–water partition coefficient (Wildman–Crippen LogP) is 2.45. The zero-order valence-electron chi connectivity index (χ0n) is 16.5. The van der Waals surface area contributed by atoms with Crippen LogP contribution in [0.25, 0.3) is 0 Å². The Kier molecular flexibility index (Phi) is 6.07. The molecule has 1 aliphatic heterocycles. The summed E-state index contributed by atoms with van der Waals surface area (Å²) in [6, 6.07) is 13.2. The zero-order chi connectivity index (χ0) is 21.0. The van der Waals surface area contributed by atoms with E-state index in [4.69, 9.17) is 0 Å². The minimum absolute atomic E-state index is 0.00427. The van der Waals surface area contributed by atoms with E-state index < -0.39 is 0 Å². The molecular formula is C22H23N3O4. The molecule has 7 heteroatoms. The van der Waals surface area contributed by atoms with E-state index in [0.29, 0.717) is 48.6 Å². The van der Waals surface area contributed by atoms with E-state index in [1.54, 1.807) is 58.3 Å². The normalized spacial score (nSPS) is 13.7. The Balaban J connectivity index is 1.70. The van der Waals surface area contributed by atoms with Crippen molar-refractivity contribution >= 4 is 29.2 Å². The van der Waals surface area contributed by atoms with Gasteiger partial charge in [-0.3, -0.25) is 19.2 Å². The molecular weight excluding hydrogens is 370 g/mol. The van der Waals surface area contributed by atoms with Crippen LogP contribution >= 0.6 is 0 Å². The number of nitrogens with one attached hydrogen (secondary N) is 1. The molecule has 1 N–H and O–H groups in total. The summed E-state index contributed by atoms with van der Waals surface area (Å²) < 4.78 is 0. The number of hydrogen-bond donors (Lipinski definition) is 1. The van der Waals surface area contributed by atoms with Crippen molar-refractivity contribution in [2.45, 2.75) is 13.8 Å². The highest BCUT2D eigenvalue weighted by Crippen LogP contribution is 2.15. The molecule has 3 rings (SSSR count). The Morgan fingerprint density at radius 2 is 1.34 bits per heavy atom. The number of anilines is 1. The van der Waals surface area contributed by atoms with Gasteiger partial charge < -0.3 is 15.1 Å². The third kappa shape index (κ3) is 4.87. The molecule has 0 bridgehead atoms. The van der Waals surface area contributed by atoms with Crippen molar-refractivity contribution in [2.24, 2.45) is 0 Å². The predicted molar refractivity (Wildman–Crippen MR) is 109 cm³/mol. The SMILES string of the molecule is CC(=O)c1cccc(NC(=O)c2cccc(C(=O)N3CCN(C(C)=O)CC3)c2)c1. The number of carbonyl (C=O) groups is 4. The maximum Gasteiger partial charge on any atom is 0.255 e. The summed E-state index contributed by atoms with van der Waals surface area (Å²) in [4.78, 5) is 51.7. The van der Waals surface area contributed by atoms with Gasteiger partial charge in [-0.05, 0) is 37.3 Å². The number of nitrogens with zero attached hydrogens (tertiary/aromatic N) is 2. The van der Waals surface area contributed by atoms with Gasteiger partial charge in [0.2, 0.25) is 5.91 Å². The summed E-state index contributed by atoms with van der Waals surface area (Å²) >= 11 is 0. The average molecular weight is 393 g/mol. The molecule has 0 radical (unpaired) electrons. The van der Waals surface area contributed by atoms with Crippen LogP contribution in [-0.4, -0.2) is 59.5 Å². The van der Waals surface area contributed by atoms with Crippen molar-refractivity contribution in [3.05, 3.63) is 65.2 Å². The monoisotopic (exact) mass is 393 g/mol. The molecule has 2 aromatic rings. The second-order valence-corrected chi connectivity index (χ2v) is 6.97. The van der Waals surface area contributed by atoms with Gasteiger partial charge in [-0.15, -0.1) is 0 Å². The van der Waals surface area contributed by atoms with Gasteiger partial charge in [0.15, 0.2) is 5.78 Å². The van der Waals surface area contributed by atoms with Crippen molar-refractivity contribution in [3.8, 4) is 0 Å². The second-order valence-electron chi connectivity index (χ2n) is 6.97. The molecule has 0 unspecified atom stereocenters. The molecule has 150 valence electrons. The van der Waals surface area contributed by atoms with E-state index in [1.807, 2.05) is 0 Å². The number of hydrogen-bond acceptors (Lipinski definition) is 4. The molecule has 0 aromatic heterocycles. The maximum absolute atomic E-state index is 12.8. The van der Waals surface area contributed by atoms with Crippen LogP contribution in [-0.2, 0) is 4.79 Å². The van der Waals surface area contributed by atoms with Gasteiger partial charge in [0.05, 0.1) is 0 Å². The smallest absolute Gasteiger partial charge is 0.255 e. The molecule has 3 amide bonds. The van der Waals surface area contributed by atoms with Crippen molar-refractivity contribution in [2.75, 3.05) is 31.5 Å². The van der Waals surface area contributed by atoms with Crippen LogP contribution in [0.15, 0.2) is 48.5 Å². The van der Waals surface area contributed by atoms with Gasteiger partial charge >= 0.3 is 0 Å². The van der Waals surface area contributed by atoms with Crippen molar-refractivity contribution in [3.63, 3.8) is 0 Å². The summed E-state index contributed by atoms with van der Waals surface area (Å²) in [5, 5.41) is 2.76. The van der Waals surface area contributed by atoms with E-state index in [0.717, 1.165) is 0 Å². The summed E-state index contributed by atoms with van der Waals surface area (Å²) in [6.45, 7) is 4.93. The molecule has 29 heavy (non-hydrogen) atoms. The molecule has 0 aliphatic carbocycles. The molecule has 1 aliphatic rings. The molecule has 2 aromatic carbocycles. The fourth-order valence-electron chi connectivity index (χ4n) is 3.22. The average Bonchev–Trinajstić information content (AvgIpc) is 2.73. The Morgan fingerprint density at radius 3 is 2.00 bits per heavy atom. The first-order valence-corrected chi connectivity index (χ1v) is 9.42. The van der Waals surface area contributed by atoms with E-state index in [1.165, 1.54) is 13.8 Å². The number of piperazine rings is 1. The third-order valence-electron chi connectivity index (χ3n) is 4.91. The van der Waals surface area contributed by atoms with Gasteiger partial charge in [0.25, 0.3) is 11.8 Å². The van der Waals surface area contributed by atoms with Crippen molar-refractivity contribution in [1.82, 2.24) is 9.80 Å². The maximum atomic E-state index is 12.8. The molecule has 1 fully saturated rings. The van der Waals surface area contributed by atoms with Crippen molar-refractivity contribution in [1.29, 1.82) is 0 Å². The first-order chi connectivity index (χ1) is 13.8. The van der Waals surface area contributed by atoms with Crippen LogP contribution < -0.4 is 5.32 Å². The fourth-order valence-corrected chi connectivity index (χ4v) is 3.22. The largest absolute Gasteiger partial charge is 0.339 e. The lowest BCUT2D eigenvalue weighted by Crippen LogP contribution is -2.50. The summed E-state index contributed by atoms with van der Waals surface area (Å²) in [7, 11) is 0. The standard InChI is InChI=1S/C22H23N3O4/c1-15(26)17-5-4-8-20(14-17)23-21(28)18-6-3-7-19(13-18)22(29)25-11-9-24(10-12-25)16(2)27/h3-8,13-14H,9-12H2,1-2H3,(H,23,28). The Hall–Kier alpha value is -3.48. The number of amides is 3. The van der Waals surface area contributed by atoms with Gasteiger partial charge in [-0.25, -0.2) is 0 Å². The minimum Gasteiger partial charge on any atom is -0.339 e. The summed E-state index contributed by atoms with van der Waals surface area (Å²) in [5.74, 6) is -0.605. The summed E-state index contributed by atoms with van der Waals surface area (Å²) in [5.41, 5.74) is 1.80. The lowest BCUT2D eigenvalue weighted by atomic mass is 10.1. The summed E-state index contributed by atoms with van der Waals surface area (Å²) in [6.07, 6.45) is 0. The fraction of sp³-hybridized carbons (Fsp3) is 0.273. The van der Waals surface area contributed by atoms with Gasteiger partial charge in [-0.1, -0.05) is 18.2 Å². The molecule has 0 atom stereocenters. The van der Waals surface area contributed by atoms with E-state index in [9.17, 15) is 19.2 Å². The van der Waals surface area contributed by atoms with Crippen LogP contribution in [0.5, 0.6) is 0 Å². The van der Waals surface area contributed by atoms with Crippen LogP contribution in [0.4, 0.5) is 5.69 Å². The Morgan fingerprint density at radius 1 is 0.759 bits per heavy atom. The molecule has 0 spiro atoms. The number of ketones is 1. The number of Topliss-reactive ketones (excluding diaryl/α,β-unsaturated/α-hetero) is 1. The van der Waals surface area contributed by atoms with E-state index in [2.05, 4.69) is 5.32 Å². The lowest BCUT2D eigenvalue weighted by Gasteiger charge is -2.34. The topological polar surface area (TPSA) is 86.8 Å². The highest BCUT2D eigenvalue weighted by Gasteiger charge is 2.23. The van der Waals surface area contributed by atoms with Gasteiger partial charge in [0.1, 0.15) is 0 Å². The van der Waals surface area contributed by atoms with E-state index in [-0.39, 0.29) is 23.5 Å². The molecule has 1 saturated heterocycles. The minimum atomic E-state index is -0.359. The zero-order valence-corrected chi connectivity index (χ0v) is 16.5. The van der Waals surface area contributed by atoms with Crippen LogP contribution in [0.3, 0.4) is 0 Å². The highest BCUT2D eigenvalue weighted by molar-refractivity contribution is 6.06. The molecule has 0 saturated carbocycles. The van der Waals surface area contributed by atoms with Gasteiger partial charge in [0, 0.05) is 55.5 Å². The molecule has 7 nitrogen and oxygen atoms in total. The first kappa shape index (κ1) is 20.3. The first-order valence-electron chi connectivity index (χ1n) is 9.42. The number of carbonyl (C=O) groups excluding carboxylic acids is 4. The van der Waals surface area contributed by atoms with Crippen LogP contribution in [0.1, 0.15) is 44.9 Å². The van der Waals surface area contributed by atoms with Crippen molar-refractivity contribution < 1.29 is 19.2 Å². The molecule has 1 heterocycles. The van der Waals surface area contributed by atoms with E-state index >= 15 is 0 Å². The van der Waals surface area contributed by atoms with Crippen LogP contribution in [0, 0.1) is 0 Å². The second kappa shape index (κ2) is 8.68. The Labute approximate surface area is 169 Å². The highest BCUT2D eigenvalue weighted by atomic mass is 16.2. The quantitative estimate of drug-likeness (QED) is 0.809. The number of rotatable bonds is 4. The van der Waals surface area contributed by atoms with Crippen LogP contribution in [0.2, 0.25) is 0 Å². The third-order valence-corrected chi connectivity index (χ3v) is 4.91. The number of benzene rings is 2.